The van der Waals surface area contributed by atoms with Crippen molar-refractivity contribution in [3.63, 3.8) is 0 Å². The average molecular weight is 323 g/mol. The number of thiazole rings is 1. The Morgan fingerprint density at radius 1 is 1.52 bits per heavy atom. The molecule has 2 aromatic rings. The van der Waals surface area contributed by atoms with Crippen LogP contribution in [0.25, 0.3) is 10.4 Å². The minimum atomic E-state index is -0.722. The van der Waals surface area contributed by atoms with Gasteiger partial charge in [0.25, 0.3) is 5.91 Å². The van der Waals surface area contributed by atoms with Crippen molar-refractivity contribution in [1.29, 1.82) is 0 Å². The number of benzene rings is 1. The van der Waals surface area contributed by atoms with Crippen molar-refractivity contribution >= 4 is 29.0 Å². The predicted molar refractivity (Wildman–Crippen MR) is 83.6 cm³/mol. The molecular weight excluding hydrogens is 309 g/mol. The molecule has 1 amide bonds. The SMILES string of the molecule is CC1(N)SCCN1C(=O)c1ncsc1-c1cccc(F)c1. The van der Waals surface area contributed by atoms with E-state index in [9.17, 15) is 9.18 Å². The Hall–Kier alpha value is -1.44. The molecule has 7 heteroatoms. The molecule has 2 heterocycles. The van der Waals surface area contributed by atoms with E-state index in [0.29, 0.717) is 22.7 Å². The molecule has 21 heavy (non-hydrogen) atoms. The standard InChI is InChI=1S/C14H14FN3OS2/c1-14(16)18(5-6-21-14)13(19)11-12(20-8-17-11)9-3-2-4-10(15)7-9/h2-4,7-8H,5-6,16H2,1H3. The first-order chi connectivity index (χ1) is 9.99. The van der Waals surface area contributed by atoms with Crippen LogP contribution < -0.4 is 5.73 Å². The number of rotatable bonds is 2. The molecule has 1 aromatic heterocycles. The number of nitrogens with two attached hydrogens (primary N) is 1. The zero-order valence-corrected chi connectivity index (χ0v) is 13.0. The number of amides is 1. The second-order valence-electron chi connectivity index (χ2n) is 4.90. The van der Waals surface area contributed by atoms with Crippen LogP contribution in [-0.2, 0) is 0 Å². The Labute approximate surface area is 130 Å². The third kappa shape index (κ3) is 2.68. The molecule has 1 unspecified atom stereocenters. The Morgan fingerprint density at radius 2 is 2.33 bits per heavy atom. The summed E-state index contributed by atoms with van der Waals surface area (Å²) < 4.78 is 13.4. The van der Waals surface area contributed by atoms with Crippen LogP contribution in [0, 0.1) is 5.82 Å². The van der Waals surface area contributed by atoms with Gasteiger partial charge in [0.1, 0.15) is 16.5 Å². The van der Waals surface area contributed by atoms with Gasteiger partial charge in [-0.2, -0.15) is 0 Å². The summed E-state index contributed by atoms with van der Waals surface area (Å²) >= 11 is 2.86. The minimum Gasteiger partial charge on any atom is -0.309 e. The predicted octanol–water partition coefficient (Wildman–Crippen LogP) is 2.77. The van der Waals surface area contributed by atoms with Crippen molar-refractivity contribution in [2.45, 2.75) is 11.9 Å². The van der Waals surface area contributed by atoms with Crippen LogP contribution in [0.15, 0.2) is 29.8 Å². The molecule has 1 aromatic carbocycles. The smallest absolute Gasteiger partial charge is 0.276 e. The van der Waals surface area contributed by atoms with Crippen LogP contribution in [0.2, 0.25) is 0 Å². The first kappa shape index (κ1) is 14.5. The summed E-state index contributed by atoms with van der Waals surface area (Å²) in [6, 6.07) is 6.18. The maximum Gasteiger partial charge on any atom is 0.276 e. The molecule has 110 valence electrons. The molecule has 0 saturated carbocycles. The van der Waals surface area contributed by atoms with Crippen LogP contribution >= 0.6 is 23.1 Å². The van der Waals surface area contributed by atoms with Gasteiger partial charge >= 0.3 is 0 Å². The molecule has 1 aliphatic rings. The lowest BCUT2D eigenvalue weighted by molar-refractivity contribution is 0.0693. The van der Waals surface area contributed by atoms with E-state index in [1.165, 1.54) is 35.2 Å². The summed E-state index contributed by atoms with van der Waals surface area (Å²) in [6.07, 6.45) is 0. The molecule has 4 nitrogen and oxygen atoms in total. The summed E-state index contributed by atoms with van der Waals surface area (Å²) in [6.45, 7) is 2.41. The Kier molecular flexibility index (Phi) is 3.73. The highest BCUT2D eigenvalue weighted by Crippen LogP contribution is 2.34. The lowest BCUT2D eigenvalue weighted by Gasteiger charge is -2.29. The Morgan fingerprint density at radius 3 is 3.00 bits per heavy atom. The van der Waals surface area contributed by atoms with Crippen molar-refractivity contribution in [2.24, 2.45) is 5.73 Å². The highest BCUT2D eigenvalue weighted by Gasteiger charge is 2.38. The monoisotopic (exact) mass is 323 g/mol. The summed E-state index contributed by atoms with van der Waals surface area (Å²) in [5, 5.41) is 0. The fourth-order valence-electron chi connectivity index (χ4n) is 2.31. The molecule has 1 fully saturated rings. The lowest BCUT2D eigenvalue weighted by atomic mass is 10.1. The summed E-state index contributed by atoms with van der Waals surface area (Å²) in [7, 11) is 0. The molecule has 3 rings (SSSR count). The van der Waals surface area contributed by atoms with Gasteiger partial charge in [0, 0.05) is 12.3 Å². The average Bonchev–Trinajstić information content (AvgIpc) is 3.04. The van der Waals surface area contributed by atoms with Crippen LogP contribution in [-0.4, -0.2) is 33.1 Å². The van der Waals surface area contributed by atoms with E-state index in [4.69, 9.17) is 5.73 Å². The molecular formula is C14H14FN3OS2. The highest BCUT2D eigenvalue weighted by atomic mass is 32.2. The number of halogens is 1. The van der Waals surface area contributed by atoms with Gasteiger partial charge in [0.05, 0.1) is 10.4 Å². The second-order valence-corrected chi connectivity index (χ2v) is 7.28. The summed E-state index contributed by atoms with van der Waals surface area (Å²) in [4.78, 5) is 18.4. The third-order valence-corrected chi connectivity index (χ3v) is 5.41. The Bertz CT molecular complexity index is 686. The summed E-state index contributed by atoms with van der Waals surface area (Å²) in [5.74, 6) is 0.267. The van der Waals surface area contributed by atoms with E-state index < -0.39 is 4.99 Å². The second kappa shape index (κ2) is 5.40. The van der Waals surface area contributed by atoms with Crippen molar-refractivity contribution in [3.8, 4) is 10.4 Å². The van der Waals surface area contributed by atoms with E-state index in [1.807, 2.05) is 6.92 Å². The van der Waals surface area contributed by atoms with Crippen molar-refractivity contribution in [1.82, 2.24) is 9.88 Å². The molecule has 1 saturated heterocycles. The van der Waals surface area contributed by atoms with Gasteiger partial charge in [-0.1, -0.05) is 12.1 Å². The van der Waals surface area contributed by atoms with Crippen molar-refractivity contribution in [2.75, 3.05) is 12.3 Å². The number of hydrogen-bond donors (Lipinski definition) is 1. The van der Waals surface area contributed by atoms with E-state index in [2.05, 4.69) is 4.98 Å². The number of carbonyl (C=O) groups excluding carboxylic acids is 1. The largest absolute Gasteiger partial charge is 0.309 e. The van der Waals surface area contributed by atoms with Crippen LogP contribution in [0.4, 0.5) is 4.39 Å². The highest BCUT2D eigenvalue weighted by molar-refractivity contribution is 8.00. The molecule has 0 spiro atoms. The topological polar surface area (TPSA) is 59.2 Å². The number of hydrogen-bond acceptors (Lipinski definition) is 5. The zero-order chi connectivity index (χ0) is 15.0. The quantitative estimate of drug-likeness (QED) is 0.923. The van der Waals surface area contributed by atoms with Gasteiger partial charge in [-0.05, 0) is 24.6 Å². The number of carbonyl (C=O) groups is 1. The van der Waals surface area contributed by atoms with E-state index in [1.54, 1.807) is 22.5 Å². The molecule has 0 aliphatic carbocycles. The van der Waals surface area contributed by atoms with Gasteiger partial charge in [0.2, 0.25) is 0 Å². The molecule has 1 atom stereocenters. The van der Waals surface area contributed by atoms with Gasteiger partial charge in [-0.25, -0.2) is 9.37 Å². The normalized spacial score (nSPS) is 21.8. The van der Waals surface area contributed by atoms with Crippen LogP contribution in [0.5, 0.6) is 0 Å². The van der Waals surface area contributed by atoms with Crippen molar-refractivity contribution in [3.05, 3.63) is 41.3 Å². The van der Waals surface area contributed by atoms with Gasteiger partial charge in [-0.3, -0.25) is 4.79 Å². The van der Waals surface area contributed by atoms with E-state index in [0.717, 1.165) is 5.75 Å². The number of aromatic nitrogens is 1. The maximum atomic E-state index is 13.4. The van der Waals surface area contributed by atoms with Crippen molar-refractivity contribution < 1.29 is 9.18 Å². The molecule has 1 aliphatic heterocycles. The Balaban J connectivity index is 1.98. The van der Waals surface area contributed by atoms with Gasteiger partial charge in [0.15, 0.2) is 0 Å². The van der Waals surface area contributed by atoms with Gasteiger partial charge in [-0.15, -0.1) is 23.1 Å². The fraction of sp³-hybridized carbons (Fsp3) is 0.286. The van der Waals surface area contributed by atoms with Crippen LogP contribution in [0.1, 0.15) is 17.4 Å². The molecule has 0 radical (unpaired) electrons. The minimum absolute atomic E-state index is 0.203. The van der Waals surface area contributed by atoms with E-state index in [-0.39, 0.29) is 11.7 Å². The van der Waals surface area contributed by atoms with E-state index >= 15 is 0 Å². The van der Waals surface area contributed by atoms with Gasteiger partial charge < -0.3 is 10.6 Å². The lowest BCUT2D eigenvalue weighted by Crippen LogP contribution is -2.50. The maximum absolute atomic E-state index is 13.4. The fourth-order valence-corrected chi connectivity index (χ4v) is 4.10. The number of thioether (sulfide) groups is 1. The first-order valence-electron chi connectivity index (χ1n) is 6.43. The number of nitrogens with zero attached hydrogens (tertiary/aromatic N) is 2. The zero-order valence-electron chi connectivity index (χ0n) is 11.4. The van der Waals surface area contributed by atoms with Crippen LogP contribution in [0.3, 0.4) is 0 Å². The molecule has 2 N–H and O–H groups in total. The molecule has 0 bridgehead atoms. The first-order valence-corrected chi connectivity index (χ1v) is 8.30. The summed E-state index contributed by atoms with van der Waals surface area (Å²) in [5.41, 5.74) is 8.72. The third-order valence-electron chi connectivity index (χ3n) is 3.35.